The van der Waals surface area contributed by atoms with E-state index in [-0.39, 0.29) is 6.10 Å². The Morgan fingerprint density at radius 3 is 3.08 bits per heavy atom. The van der Waals surface area contributed by atoms with Crippen molar-refractivity contribution in [1.29, 1.82) is 0 Å². The summed E-state index contributed by atoms with van der Waals surface area (Å²) in [5.41, 5.74) is 1.17. The minimum Gasteiger partial charge on any atom is -0.460 e. The van der Waals surface area contributed by atoms with Gasteiger partial charge in [0.05, 0.1) is 0 Å². The number of rotatable bonds is 3. The second-order valence-electron chi connectivity index (χ2n) is 3.21. The molecule has 0 spiro atoms. The third kappa shape index (κ3) is 2.22. The number of carbonyl (C=O) groups is 1. The summed E-state index contributed by atoms with van der Waals surface area (Å²) in [4.78, 5) is 10.1. The van der Waals surface area contributed by atoms with Gasteiger partial charge in [0.1, 0.15) is 6.10 Å². The predicted molar refractivity (Wildman–Crippen MR) is 47.6 cm³/mol. The molecule has 12 heavy (non-hydrogen) atoms. The molecule has 66 valence electrons. The highest BCUT2D eigenvalue weighted by molar-refractivity contribution is 5.38. The molecule has 0 aromatic rings. The molecule has 0 N–H and O–H groups in total. The summed E-state index contributed by atoms with van der Waals surface area (Å²) in [5, 5.41) is 0. The molecular formula is C10H14O2. The average Bonchev–Trinajstić information content (AvgIpc) is 2.05. The molecule has 0 saturated carbocycles. The van der Waals surface area contributed by atoms with Crippen LogP contribution in [0.1, 0.15) is 19.8 Å². The van der Waals surface area contributed by atoms with Crippen LogP contribution in [0.15, 0.2) is 24.3 Å². The zero-order valence-corrected chi connectivity index (χ0v) is 7.32. The van der Waals surface area contributed by atoms with Crippen LogP contribution in [0, 0.1) is 5.92 Å². The fraction of sp³-hybridized carbons (Fsp3) is 0.500. The van der Waals surface area contributed by atoms with Crippen molar-refractivity contribution >= 4 is 6.47 Å². The van der Waals surface area contributed by atoms with E-state index in [0.717, 1.165) is 12.8 Å². The first-order valence-electron chi connectivity index (χ1n) is 4.15. The Morgan fingerprint density at radius 1 is 1.75 bits per heavy atom. The first kappa shape index (κ1) is 9.04. The summed E-state index contributed by atoms with van der Waals surface area (Å²) in [5.74, 6) is 0.472. The fourth-order valence-electron chi connectivity index (χ4n) is 1.42. The van der Waals surface area contributed by atoms with Crippen molar-refractivity contribution in [3.05, 3.63) is 24.3 Å². The number of allylic oxidation sites excluding steroid dienone is 2. The van der Waals surface area contributed by atoms with E-state index in [1.807, 2.05) is 13.0 Å². The van der Waals surface area contributed by atoms with Crippen molar-refractivity contribution in [3.8, 4) is 0 Å². The monoisotopic (exact) mass is 166 g/mol. The normalized spacial score (nSPS) is 28.1. The van der Waals surface area contributed by atoms with Crippen LogP contribution >= 0.6 is 0 Å². The quantitative estimate of drug-likeness (QED) is 0.474. The van der Waals surface area contributed by atoms with Gasteiger partial charge < -0.3 is 4.74 Å². The minimum atomic E-state index is -0.0436. The highest BCUT2D eigenvalue weighted by Crippen LogP contribution is 2.25. The maximum Gasteiger partial charge on any atom is 0.293 e. The summed E-state index contributed by atoms with van der Waals surface area (Å²) in [6, 6.07) is 0. The molecule has 2 nitrogen and oxygen atoms in total. The summed E-state index contributed by atoms with van der Waals surface area (Å²) in [6.07, 6.45) is 5.85. The second kappa shape index (κ2) is 4.10. The van der Waals surface area contributed by atoms with Crippen LogP contribution in [-0.4, -0.2) is 12.6 Å². The second-order valence-corrected chi connectivity index (χ2v) is 3.21. The third-order valence-electron chi connectivity index (χ3n) is 2.22. The summed E-state index contributed by atoms with van der Waals surface area (Å²) in [6.45, 7) is 6.42. The maximum absolute atomic E-state index is 10.1. The van der Waals surface area contributed by atoms with Crippen LogP contribution in [0.4, 0.5) is 0 Å². The maximum atomic E-state index is 10.1. The minimum absolute atomic E-state index is 0.0436. The van der Waals surface area contributed by atoms with Crippen molar-refractivity contribution in [2.45, 2.75) is 25.9 Å². The van der Waals surface area contributed by atoms with Crippen LogP contribution in [-0.2, 0) is 9.53 Å². The summed E-state index contributed by atoms with van der Waals surface area (Å²) < 4.78 is 4.85. The number of hydrogen-bond acceptors (Lipinski definition) is 2. The SMILES string of the molecule is C=C(C)C1CC=CC(OC=O)C1. The van der Waals surface area contributed by atoms with Gasteiger partial charge in [0.25, 0.3) is 6.47 Å². The average molecular weight is 166 g/mol. The van der Waals surface area contributed by atoms with E-state index >= 15 is 0 Å². The lowest BCUT2D eigenvalue weighted by atomic mass is 9.88. The van der Waals surface area contributed by atoms with Crippen molar-refractivity contribution in [2.75, 3.05) is 0 Å². The standard InChI is InChI=1S/C10H14O2/c1-8(2)9-4-3-5-10(6-9)12-7-11/h3,5,7,9-10H,1,4,6H2,2H3. The zero-order valence-electron chi connectivity index (χ0n) is 7.32. The molecule has 0 radical (unpaired) electrons. The molecule has 0 aromatic heterocycles. The highest BCUT2D eigenvalue weighted by Gasteiger charge is 2.18. The van der Waals surface area contributed by atoms with Gasteiger partial charge in [-0.05, 0) is 31.8 Å². The van der Waals surface area contributed by atoms with Crippen molar-refractivity contribution in [2.24, 2.45) is 5.92 Å². The lowest BCUT2D eigenvalue weighted by molar-refractivity contribution is -0.132. The van der Waals surface area contributed by atoms with Crippen molar-refractivity contribution in [3.63, 3.8) is 0 Å². The molecule has 0 aromatic carbocycles. The molecule has 0 heterocycles. The van der Waals surface area contributed by atoms with E-state index in [4.69, 9.17) is 4.74 Å². The Balaban J connectivity index is 2.50. The molecule has 2 atom stereocenters. The molecule has 0 fully saturated rings. The Labute approximate surface area is 72.9 Å². The summed E-state index contributed by atoms with van der Waals surface area (Å²) in [7, 11) is 0. The van der Waals surface area contributed by atoms with Gasteiger partial charge in [-0.25, -0.2) is 0 Å². The first-order chi connectivity index (χ1) is 5.74. The Hall–Kier alpha value is -1.05. The van der Waals surface area contributed by atoms with Gasteiger partial charge in [-0.1, -0.05) is 18.2 Å². The van der Waals surface area contributed by atoms with E-state index in [9.17, 15) is 4.79 Å². The Morgan fingerprint density at radius 2 is 2.50 bits per heavy atom. The third-order valence-corrected chi connectivity index (χ3v) is 2.22. The molecule has 0 aliphatic heterocycles. The lowest BCUT2D eigenvalue weighted by Crippen LogP contribution is -2.18. The smallest absolute Gasteiger partial charge is 0.293 e. The van der Waals surface area contributed by atoms with E-state index in [2.05, 4.69) is 12.7 Å². The highest BCUT2D eigenvalue weighted by atomic mass is 16.5. The van der Waals surface area contributed by atoms with Crippen LogP contribution in [0.2, 0.25) is 0 Å². The van der Waals surface area contributed by atoms with Crippen molar-refractivity contribution in [1.82, 2.24) is 0 Å². The van der Waals surface area contributed by atoms with E-state index in [0.29, 0.717) is 12.4 Å². The molecule has 0 saturated heterocycles. The number of hydrogen-bond donors (Lipinski definition) is 0. The molecule has 1 aliphatic rings. The number of ether oxygens (including phenoxy) is 1. The Kier molecular flexibility index (Phi) is 3.09. The molecule has 0 amide bonds. The summed E-state index contributed by atoms with van der Waals surface area (Å²) >= 11 is 0. The van der Waals surface area contributed by atoms with Crippen LogP contribution in [0.5, 0.6) is 0 Å². The lowest BCUT2D eigenvalue weighted by Gasteiger charge is -2.23. The van der Waals surface area contributed by atoms with E-state index < -0.39 is 0 Å². The fourth-order valence-corrected chi connectivity index (χ4v) is 1.42. The molecule has 2 heteroatoms. The Bertz CT molecular complexity index is 206. The van der Waals surface area contributed by atoms with Crippen LogP contribution in [0.25, 0.3) is 0 Å². The molecule has 1 rings (SSSR count). The molecular weight excluding hydrogens is 152 g/mol. The van der Waals surface area contributed by atoms with Gasteiger partial charge in [0, 0.05) is 0 Å². The van der Waals surface area contributed by atoms with Gasteiger partial charge in [0.15, 0.2) is 0 Å². The van der Waals surface area contributed by atoms with E-state index in [1.54, 1.807) is 0 Å². The van der Waals surface area contributed by atoms with Crippen molar-refractivity contribution < 1.29 is 9.53 Å². The predicted octanol–water partition coefficient (Wildman–Crippen LogP) is 2.07. The van der Waals surface area contributed by atoms with Gasteiger partial charge >= 0.3 is 0 Å². The van der Waals surface area contributed by atoms with Crippen LogP contribution in [0.3, 0.4) is 0 Å². The largest absolute Gasteiger partial charge is 0.460 e. The van der Waals surface area contributed by atoms with E-state index in [1.165, 1.54) is 5.57 Å². The molecule has 2 unspecified atom stereocenters. The molecule has 1 aliphatic carbocycles. The van der Waals surface area contributed by atoms with Gasteiger partial charge in [-0.3, -0.25) is 4.79 Å². The first-order valence-corrected chi connectivity index (χ1v) is 4.15. The van der Waals surface area contributed by atoms with Gasteiger partial charge in [-0.15, -0.1) is 0 Å². The van der Waals surface area contributed by atoms with Gasteiger partial charge in [0.2, 0.25) is 0 Å². The number of carbonyl (C=O) groups excluding carboxylic acids is 1. The van der Waals surface area contributed by atoms with Gasteiger partial charge in [-0.2, -0.15) is 0 Å². The van der Waals surface area contributed by atoms with Crippen LogP contribution < -0.4 is 0 Å². The topological polar surface area (TPSA) is 26.3 Å². The zero-order chi connectivity index (χ0) is 8.97. The molecule has 0 bridgehead atoms.